The van der Waals surface area contributed by atoms with E-state index < -0.39 is 0 Å². The Kier molecular flexibility index (Phi) is 5.99. The van der Waals surface area contributed by atoms with Crippen molar-refractivity contribution in [1.82, 2.24) is 10.3 Å². The molecule has 0 fully saturated rings. The molecule has 0 bridgehead atoms. The lowest BCUT2D eigenvalue weighted by Crippen LogP contribution is -2.23. The maximum Gasteiger partial charge on any atom is 0.253 e. The van der Waals surface area contributed by atoms with Crippen LogP contribution in [-0.2, 0) is 13.1 Å². The molecule has 0 aliphatic carbocycles. The number of methoxy groups -OCH3 is 1. The van der Waals surface area contributed by atoms with E-state index in [0.717, 1.165) is 16.9 Å². The summed E-state index contributed by atoms with van der Waals surface area (Å²) in [6.07, 6.45) is 1.52. The Morgan fingerprint density at radius 2 is 1.81 bits per heavy atom. The van der Waals surface area contributed by atoms with Gasteiger partial charge in [0.2, 0.25) is 0 Å². The predicted octanol–water partition coefficient (Wildman–Crippen LogP) is 3.77. The number of benzene rings is 2. The lowest BCUT2D eigenvalue weighted by atomic mass is 10.2. The monoisotopic (exact) mass is 365 g/mol. The average Bonchev–Trinajstić information content (AvgIpc) is 2.72. The van der Waals surface area contributed by atoms with Gasteiger partial charge in [0.25, 0.3) is 5.91 Å². The molecule has 1 amide bonds. The zero-order valence-corrected chi connectivity index (χ0v) is 14.9. The molecule has 0 radical (unpaired) electrons. The van der Waals surface area contributed by atoms with Crippen molar-refractivity contribution in [2.24, 2.45) is 0 Å². The van der Waals surface area contributed by atoms with Gasteiger partial charge < -0.3 is 15.4 Å². The molecule has 0 saturated heterocycles. The minimum Gasteiger partial charge on any atom is -0.496 e. The number of halogens is 1. The van der Waals surface area contributed by atoms with Crippen LogP contribution in [0.3, 0.4) is 0 Å². The van der Waals surface area contributed by atoms with Gasteiger partial charge in [0.1, 0.15) is 17.4 Å². The van der Waals surface area contributed by atoms with E-state index in [0.29, 0.717) is 24.5 Å². The Labute approximate surface area is 157 Å². The van der Waals surface area contributed by atoms with Gasteiger partial charge in [0.05, 0.1) is 12.7 Å². The van der Waals surface area contributed by atoms with Crippen molar-refractivity contribution in [1.29, 1.82) is 0 Å². The second kappa shape index (κ2) is 8.80. The highest BCUT2D eigenvalue weighted by Crippen LogP contribution is 2.18. The van der Waals surface area contributed by atoms with E-state index in [9.17, 15) is 9.18 Å². The Bertz CT molecular complexity index is 896. The Hall–Kier alpha value is -3.41. The molecule has 0 saturated carbocycles. The minimum absolute atomic E-state index is 0.233. The van der Waals surface area contributed by atoms with Crippen LogP contribution in [0, 0.1) is 5.82 Å². The first-order chi connectivity index (χ1) is 13.2. The summed E-state index contributed by atoms with van der Waals surface area (Å²) in [5, 5.41) is 6.00. The van der Waals surface area contributed by atoms with Crippen LogP contribution in [0.25, 0.3) is 0 Å². The molecule has 6 heteroatoms. The first-order valence-electron chi connectivity index (χ1n) is 8.50. The normalized spacial score (nSPS) is 10.3. The summed E-state index contributed by atoms with van der Waals surface area (Å²) >= 11 is 0. The van der Waals surface area contributed by atoms with Gasteiger partial charge in [-0.25, -0.2) is 9.37 Å². The first-order valence-corrected chi connectivity index (χ1v) is 8.50. The summed E-state index contributed by atoms with van der Waals surface area (Å²) in [7, 11) is 1.64. The molecular weight excluding hydrogens is 345 g/mol. The highest BCUT2D eigenvalue weighted by Gasteiger charge is 2.07. The fourth-order valence-electron chi connectivity index (χ4n) is 2.55. The predicted molar refractivity (Wildman–Crippen MR) is 102 cm³/mol. The van der Waals surface area contributed by atoms with Crippen LogP contribution in [0.15, 0.2) is 66.9 Å². The van der Waals surface area contributed by atoms with Gasteiger partial charge in [-0.3, -0.25) is 4.79 Å². The number of amides is 1. The topological polar surface area (TPSA) is 63.2 Å². The Morgan fingerprint density at radius 1 is 1.04 bits per heavy atom. The summed E-state index contributed by atoms with van der Waals surface area (Å²) in [4.78, 5) is 16.5. The summed E-state index contributed by atoms with van der Waals surface area (Å²) in [5.41, 5.74) is 2.30. The summed E-state index contributed by atoms with van der Waals surface area (Å²) in [6.45, 7) is 0.889. The van der Waals surface area contributed by atoms with Crippen LogP contribution in [0.5, 0.6) is 5.75 Å². The van der Waals surface area contributed by atoms with E-state index in [4.69, 9.17) is 4.74 Å². The van der Waals surface area contributed by atoms with Crippen molar-refractivity contribution >= 4 is 11.7 Å². The number of hydrogen-bond acceptors (Lipinski definition) is 4. The van der Waals surface area contributed by atoms with Gasteiger partial charge in [-0.15, -0.1) is 0 Å². The number of aromatic nitrogens is 1. The van der Waals surface area contributed by atoms with Crippen LogP contribution < -0.4 is 15.4 Å². The van der Waals surface area contributed by atoms with Crippen LogP contribution in [-0.4, -0.2) is 18.0 Å². The Morgan fingerprint density at radius 3 is 2.52 bits per heavy atom. The lowest BCUT2D eigenvalue weighted by Gasteiger charge is -2.10. The minimum atomic E-state index is -0.300. The third-order valence-electron chi connectivity index (χ3n) is 4.04. The van der Waals surface area contributed by atoms with Gasteiger partial charge in [-0.2, -0.15) is 0 Å². The number of nitrogens with one attached hydrogen (secondary N) is 2. The largest absolute Gasteiger partial charge is 0.496 e. The number of ether oxygens (including phenoxy) is 1. The van der Waals surface area contributed by atoms with E-state index in [1.165, 1.54) is 18.3 Å². The van der Waals surface area contributed by atoms with Crippen molar-refractivity contribution in [2.75, 3.05) is 12.4 Å². The van der Waals surface area contributed by atoms with Crippen LogP contribution in [0.1, 0.15) is 21.5 Å². The van der Waals surface area contributed by atoms with E-state index in [1.807, 2.05) is 24.3 Å². The van der Waals surface area contributed by atoms with Crippen molar-refractivity contribution in [3.63, 3.8) is 0 Å². The molecule has 1 heterocycles. The van der Waals surface area contributed by atoms with Gasteiger partial charge in [0, 0.05) is 24.8 Å². The third kappa shape index (κ3) is 5.04. The molecule has 0 aliphatic heterocycles. The van der Waals surface area contributed by atoms with Crippen LogP contribution in [0.4, 0.5) is 10.2 Å². The number of pyridine rings is 1. The fraction of sp³-hybridized carbons (Fsp3) is 0.143. The summed E-state index contributed by atoms with van der Waals surface area (Å²) < 4.78 is 18.2. The number of para-hydroxylation sites is 1. The first kappa shape index (κ1) is 18.4. The van der Waals surface area contributed by atoms with Crippen LogP contribution >= 0.6 is 0 Å². The number of carbonyl (C=O) groups is 1. The fourth-order valence-corrected chi connectivity index (χ4v) is 2.55. The quantitative estimate of drug-likeness (QED) is 0.669. The van der Waals surface area contributed by atoms with Gasteiger partial charge in [-0.05, 0) is 35.9 Å². The van der Waals surface area contributed by atoms with Gasteiger partial charge in [-0.1, -0.05) is 30.3 Å². The maximum atomic E-state index is 12.9. The number of rotatable bonds is 7. The van der Waals surface area contributed by atoms with E-state index in [1.54, 1.807) is 31.4 Å². The third-order valence-corrected chi connectivity index (χ3v) is 4.04. The molecule has 3 rings (SSSR count). The highest BCUT2D eigenvalue weighted by molar-refractivity contribution is 5.94. The smallest absolute Gasteiger partial charge is 0.253 e. The van der Waals surface area contributed by atoms with Crippen molar-refractivity contribution < 1.29 is 13.9 Å². The zero-order valence-electron chi connectivity index (χ0n) is 14.9. The molecule has 5 nitrogen and oxygen atoms in total. The molecule has 0 aliphatic rings. The van der Waals surface area contributed by atoms with E-state index in [2.05, 4.69) is 15.6 Å². The molecular formula is C21H20FN3O2. The lowest BCUT2D eigenvalue weighted by molar-refractivity contribution is 0.0950. The van der Waals surface area contributed by atoms with E-state index in [-0.39, 0.29) is 11.7 Å². The Balaban J connectivity index is 1.54. The number of anilines is 1. The van der Waals surface area contributed by atoms with Gasteiger partial charge in [0.15, 0.2) is 0 Å². The van der Waals surface area contributed by atoms with Crippen molar-refractivity contribution in [3.05, 3.63) is 89.4 Å². The molecule has 0 atom stereocenters. The molecule has 2 N–H and O–H groups in total. The SMILES string of the molecule is COc1ccccc1CNc1ccc(C(=O)NCc2ccc(F)cc2)cn1. The second-order valence-corrected chi connectivity index (χ2v) is 5.91. The molecule has 27 heavy (non-hydrogen) atoms. The molecule has 138 valence electrons. The summed E-state index contributed by atoms with van der Waals surface area (Å²) in [5.74, 6) is 0.936. The molecule has 3 aromatic rings. The molecule has 0 unspecified atom stereocenters. The van der Waals surface area contributed by atoms with Crippen LogP contribution in [0.2, 0.25) is 0 Å². The van der Waals surface area contributed by atoms with Gasteiger partial charge >= 0.3 is 0 Å². The zero-order chi connectivity index (χ0) is 19.1. The van der Waals surface area contributed by atoms with Crippen molar-refractivity contribution in [2.45, 2.75) is 13.1 Å². The highest BCUT2D eigenvalue weighted by atomic mass is 19.1. The standard InChI is InChI=1S/C21H20FN3O2/c1-27-19-5-3-2-4-16(19)13-23-20-11-8-17(14-24-20)21(26)25-12-15-6-9-18(22)10-7-15/h2-11,14H,12-13H2,1H3,(H,23,24)(H,25,26). The average molecular weight is 365 g/mol. The summed E-state index contributed by atoms with van der Waals surface area (Å²) in [6, 6.07) is 17.2. The van der Waals surface area contributed by atoms with Crippen molar-refractivity contribution in [3.8, 4) is 5.75 Å². The number of carbonyl (C=O) groups excluding carboxylic acids is 1. The second-order valence-electron chi connectivity index (χ2n) is 5.91. The number of nitrogens with zero attached hydrogens (tertiary/aromatic N) is 1. The molecule has 2 aromatic carbocycles. The molecule has 0 spiro atoms. The number of hydrogen-bond donors (Lipinski definition) is 2. The maximum absolute atomic E-state index is 12.9. The van der Waals surface area contributed by atoms with E-state index >= 15 is 0 Å². The molecule has 1 aromatic heterocycles.